The number of anilines is 1. The van der Waals surface area contributed by atoms with Crippen molar-refractivity contribution in [1.82, 2.24) is 5.32 Å². The molecule has 0 spiro atoms. The van der Waals surface area contributed by atoms with E-state index in [1.54, 1.807) is 11.3 Å². The SMILES string of the molecule is O=C(O)[C@H]1C[C@H]2c3ccccc3N[C@@H]2[C@@H](c2cccs2)N1. The number of aliphatic carboxylic acids is 1. The molecule has 3 heterocycles. The molecule has 0 radical (unpaired) electrons. The summed E-state index contributed by atoms with van der Waals surface area (Å²) < 4.78 is 0. The van der Waals surface area contributed by atoms with Crippen LogP contribution in [-0.4, -0.2) is 23.2 Å². The van der Waals surface area contributed by atoms with E-state index in [0.29, 0.717) is 6.42 Å². The van der Waals surface area contributed by atoms with Gasteiger partial charge in [-0.2, -0.15) is 0 Å². The van der Waals surface area contributed by atoms with E-state index in [4.69, 9.17) is 0 Å². The van der Waals surface area contributed by atoms with Crippen molar-refractivity contribution < 1.29 is 9.90 Å². The Kier molecular flexibility index (Phi) is 2.97. The van der Waals surface area contributed by atoms with Gasteiger partial charge >= 0.3 is 5.97 Å². The minimum atomic E-state index is -0.764. The van der Waals surface area contributed by atoms with Gasteiger partial charge in [0, 0.05) is 16.5 Å². The van der Waals surface area contributed by atoms with Crippen LogP contribution < -0.4 is 10.6 Å². The Labute approximate surface area is 126 Å². The van der Waals surface area contributed by atoms with Gasteiger partial charge < -0.3 is 10.4 Å². The predicted molar refractivity (Wildman–Crippen MR) is 82.8 cm³/mol. The Hall–Kier alpha value is -1.85. The van der Waals surface area contributed by atoms with Crippen LogP contribution in [0, 0.1) is 0 Å². The predicted octanol–water partition coefficient (Wildman–Crippen LogP) is 2.81. The molecule has 2 aromatic rings. The highest BCUT2D eigenvalue weighted by molar-refractivity contribution is 7.10. The lowest BCUT2D eigenvalue weighted by molar-refractivity contribution is -0.140. The number of carboxylic acids is 1. The molecule has 0 unspecified atom stereocenters. The van der Waals surface area contributed by atoms with Crippen LogP contribution in [0.4, 0.5) is 5.69 Å². The van der Waals surface area contributed by atoms with E-state index in [1.807, 2.05) is 23.6 Å². The van der Waals surface area contributed by atoms with Gasteiger partial charge in [0.15, 0.2) is 0 Å². The van der Waals surface area contributed by atoms with Gasteiger partial charge in [0.05, 0.1) is 12.1 Å². The number of carboxylic acid groups (broad SMARTS) is 1. The average Bonchev–Trinajstić information content (AvgIpc) is 3.13. The van der Waals surface area contributed by atoms with Crippen molar-refractivity contribution in [1.29, 1.82) is 0 Å². The van der Waals surface area contributed by atoms with E-state index >= 15 is 0 Å². The maximum absolute atomic E-state index is 11.5. The minimum absolute atomic E-state index is 0.0391. The van der Waals surface area contributed by atoms with Crippen LogP contribution in [0.15, 0.2) is 41.8 Å². The number of fused-ring (bicyclic) bond motifs is 3. The van der Waals surface area contributed by atoms with Crippen molar-refractivity contribution >= 4 is 23.0 Å². The summed E-state index contributed by atoms with van der Waals surface area (Å²) in [5.41, 5.74) is 2.39. The molecule has 1 saturated heterocycles. The quantitative estimate of drug-likeness (QED) is 0.798. The van der Waals surface area contributed by atoms with Crippen molar-refractivity contribution in [2.24, 2.45) is 0 Å². The Balaban J connectivity index is 1.75. The Morgan fingerprint density at radius 2 is 2.10 bits per heavy atom. The molecule has 4 nitrogen and oxygen atoms in total. The van der Waals surface area contributed by atoms with E-state index in [-0.39, 0.29) is 18.0 Å². The second-order valence-corrected chi connectivity index (χ2v) is 6.63. The number of carbonyl (C=O) groups is 1. The Morgan fingerprint density at radius 3 is 2.86 bits per heavy atom. The molecule has 1 aromatic heterocycles. The molecule has 1 fully saturated rings. The fourth-order valence-corrected chi connectivity index (χ4v) is 4.39. The molecule has 4 atom stereocenters. The number of thiophene rings is 1. The monoisotopic (exact) mass is 300 g/mol. The molecule has 0 bridgehead atoms. The van der Waals surface area contributed by atoms with Gasteiger partial charge in [0.1, 0.15) is 6.04 Å². The highest BCUT2D eigenvalue weighted by Gasteiger charge is 2.45. The van der Waals surface area contributed by atoms with E-state index in [0.717, 1.165) is 5.69 Å². The lowest BCUT2D eigenvalue weighted by Gasteiger charge is -2.38. The lowest BCUT2D eigenvalue weighted by Crippen LogP contribution is -2.51. The number of hydrogen-bond acceptors (Lipinski definition) is 4. The van der Waals surface area contributed by atoms with Crippen LogP contribution in [0.2, 0.25) is 0 Å². The molecular formula is C16H16N2O2S. The molecule has 2 aliphatic heterocycles. The highest BCUT2D eigenvalue weighted by Crippen LogP contribution is 2.46. The van der Waals surface area contributed by atoms with Crippen LogP contribution in [0.25, 0.3) is 0 Å². The van der Waals surface area contributed by atoms with Gasteiger partial charge in [-0.3, -0.25) is 10.1 Å². The normalized spacial score (nSPS) is 30.3. The van der Waals surface area contributed by atoms with Gasteiger partial charge in [0.2, 0.25) is 0 Å². The van der Waals surface area contributed by atoms with Crippen molar-refractivity contribution in [2.45, 2.75) is 30.5 Å². The van der Waals surface area contributed by atoms with Gasteiger partial charge in [0.25, 0.3) is 0 Å². The number of para-hydroxylation sites is 1. The van der Waals surface area contributed by atoms with Gasteiger partial charge in [-0.1, -0.05) is 24.3 Å². The molecule has 21 heavy (non-hydrogen) atoms. The van der Waals surface area contributed by atoms with Gasteiger partial charge in [-0.05, 0) is 29.5 Å². The number of rotatable bonds is 2. The van der Waals surface area contributed by atoms with Crippen molar-refractivity contribution in [3.8, 4) is 0 Å². The minimum Gasteiger partial charge on any atom is -0.480 e. The maximum atomic E-state index is 11.5. The van der Waals surface area contributed by atoms with E-state index in [1.165, 1.54) is 10.4 Å². The first kappa shape index (κ1) is 12.9. The molecule has 5 heteroatoms. The van der Waals surface area contributed by atoms with E-state index in [2.05, 4.69) is 28.8 Å². The van der Waals surface area contributed by atoms with Crippen LogP contribution in [0.1, 0.15) is 28.8 Å². The highest BCUT2D eigenvalue weighted by atomic mass is 32.1. The largest absolute Gasteiger partial charge is 0.480 e. The fraction of sp³-hybridized carbons (Fsp3) is 0.312. The number of nitrogens with one attached hydrogen (secondary N) is 2. The third kappa shape index (κ3) is 2.04. The Bertz CT molecular complexity index is 663. The van der Waals surface area contributed by atoms with E-state index < -0.39 is 12.0 Å². The molecule has 1 aromatic carbocycles. The molecule has 0 saturated carbocycles. The standard InChI is InChI=1S/C16H16N2O2S/c19-16(20)12-8-10-9-4-1-2-5-11(9)17-14(10)15(18-12)13-6-3-7-21-13/h1-7,10,12,14-15,17-18H,8H2,(H,19,20)/t10-,12+,14-,15+/m0/s1. The van der Waals surface area contributed by atoms with Crippen LogP contribution >= 0.6 is 11.3 Å². The number of piperidine rings is 1. The lowest BCUT2D eigenvalue weighted by atomic mass is 9.81. The zero-order valence-electron chi connectivity index (χ0n) is 11.3. The zero-order chi connectivity index (χ0) is 14.4. The third-order valence-corrected chi connectivity index (χ3v) is 5.45. The summed E-state index contributed by atoms with van der Waals surface area (Å²) in [5.74, 6) is -0.518. The van der Waals surface area contributed by atoms with Crippen molar-refractivity contribution in [3.63, 3.8) is 0 Å². The molecule has 3 N–H and O–H groups in total. The summed E-state index contributed by atoms with van der Waals surface area (Å²) >= 11 is 1.68. The van der Waals surface area contributed by atoms with Crippen LogP contribution in [-0.2, 0) is 4.79 Å². The number of hydrogen-bond donors (Lipinski definition) is 3. The molecule has 0 aliphatic carbocycles. The van der Waals surface area contributed by atoms with Crippen molar-refractivity contribution in [3.05, 3.63) is 52.2 Å². The first-order valence-corrected chi connectivity index (χ1v) is 8.00. The number of benzene rings is 1. The van der Waals surface area contributed by atoms with Crippen LogP contribution in [0.5, 0.6) is 0 Å². The van der Waals surface area contributed by atoms with Gasteiger partial charge in [-0.15, -0.1) is 11.3 Å². The molecule has 0 amide bonds. The van der Waals surface area contributed by atoms with Gasteiger partial charge in [-0.25, -0.2) is 0 Å². The summed E-state index contributed by atoms with van der Waals surface area (Å²) in [7, 11) is 0. The average molecular weight is 300 g/mol. The summed E-state index contributed by atoms with van der Waals surface area (Å²) in [6, 6.07) is 12.1. The first-order chi connectivity index (χ1) is 10.2. The molecule has 4 rings (SSSR count). The third-order valence-electron chi connectivity index (χ3n) is 4.49. The zero-order valence-corrected chi connectivity index (χ0v) is 12.1. The molecule has 108 valence electrons. The summed E-state index contributed by atoms with van der Waals surface area (Å²) in [4.78, 5) is 12.7. The van der Waals surface area contributed by atoms with Crippen LogP contribution in [0.3, 0.4) is 0 Å². The first-order valence-electron chi connectivity index (χ1n) is 7.12. The fourth-order valence-electron chi connectivity index (χ4n) is 3.56. The smallest absolute Gasteiger partial charge is 0.320 e. The van der Waals surface area contributed by atoms with E-state index in [9.17, 15) is 9.90 Å². The second-order valence-electron chi connectivity index (χ2n) is 5.65. The summed E-state index contributed by atoms with van der Waals surface area (Å²) in [5, 5.41) is 18.4. The topological polar surface area (TPSA) is 61.4 Å². The second kappa shape index (κ2) is 4.86. The Morgan fingerprint density at radius 1 is 1.24 bits per heavy atom. The summed E-state index contributed by atoms with van der Waals surface area (Å²) in [6.45, 7) is 0. The molecular weight excluding hydrogens is 284 g/mol. The summed E-state index contributed by atoms with van der Waals surface area (Å²) in [6.07, 6.45) is 0.631. The van der Waals surface area contributed by atoms with Crippen molar-refractivity contribution in [2.75, 3.05) is 5.32 Å². The molecule has 2 aliphatic rings. The maximum Gasteiger partial charge on any atom is 0.320 e.